The van der Waals surface area contributed by atoms with E-state index in [0.29, 0.717) is 35.0 Å². The Morgan fingerprint density at radius 3 is 2.66 bits per heavy atom. The van der Waals surface area contributed by atoms with Crippen LogP contribution in [-0.4, -0.2) is 37.2 Å². The summed E-state index contributed by atoms with van der Waals surface area (Å²) in [6.45, 7) is 4.47. The van der Waals surface area contributed by atoms with Crippen LogP contribution >= 0.6 is 0 Å². The number of halogens is 3. The number of imidazole rings is 1. The lowest BCUT2D eigenvalue weighted by Crippen LogP contribution is -2.26. The third kappa shape index (κ3) is 3.81. The molecule has 0 saturated carbocycles. The van der Waals surface area contributed by atoms with Crippen molar-refractivity contribution in [2.24, 2.45) is 0 Å². The van der Waals surface area contributed by atoms with Gasteiger partial charge < -0.3 is 9.30 Å². The van der Waals surface area contributed by atoms with Gasteiger partial charge in [0.2, 0.25) is 0 Å². The largest absolute Gasteiger partial charge is 0.416 e. The van der Waals surface area contributed by atoms with E-state index in [1.165, 1.54) is 12.1 Å². The van der Waals surface area contributed by atoms with Gasteiger partial charge in [0, 0.05) is 36.8 Å². The number of ether oxygens (including phenoxy) is 1. The average Bonchev–Trinajstić information content (AvgIpc) is 3.13. The van der Waals surface area contributed by atoms with E-state index in [1.807, 2.05) is 13.8 Å². The van der Waals surface area contributed by atoms with E-state index in [2.05, 4.69) is 19.5 Å². The van der Waals surface area contributed by atoms with Gasteiger partial charge in [-0.05, 0) is 44.9 Å². The molecular formula is C23H22F3N5O. The first-order valence-electron chi connectivity index (χ1n) is 10.6. The molecule has 0 N–H and O–H groups in total. The van der Waals surface area contributed by atoms with E-state index in [4.69, 9.17) is 9.72 Å². The number of hydrogen-bond acceptors (Lipinski definition) is 5. The van der Waals surface area contributed by atoms with Crippen LogP contribution in [0, 0.1) is 6.92 Å². The number of nitrogens with zero attached hydrogens (tertiary/aromatic N) is 5. The van der Waals surface area contributed by atoms with Crippen LogP contribution in [0.4, 0.5) is 13.2 Å². The number of fused-ring (bicyclic) bond motifs is 3. The van der Waals surface area contributed by atoms with Gasteiger partial charge in [-0.2, -0.15) is 13.2 Å². The first kappa shape index (κ1) is 20.8. The van der Waals surface area contributed by atoms with Crippen molar-refractivity contribution in [1.29, 1.82) is 0 Å². The molecule has 2 atom stereocenters. The fourth-order valence-corrected chi connectivity index (χ4v) is 4.40. The van der Waals surface area contributed by atoms with Gasteiger partial charge in [-0.1, -0.05) is 0 Å². The highest BCUT2D eigenvalue weighted by Crippen LogP contribution is 2.37. The number of alkyl halides is 3. The zero-order chi connectivity index (χ0) is 22.5. The number of pyridine rings is 1. The molecule has 0 amide bonds. The summed E-state index contributed by atoms with van der Waals surface area (Å²) < 4.78 is 48.2. The van der Waals surface area contributed by atoms with Crippen LogP contribution in [0.25, 0.3) is 21.9 Å². The summed E-state index contributed by atoms with van der Waals surface area (Å²) in [5.74, 6) is 0.740. The molecule has 0 bridgehead atoms. The Morgan fingerprint density at radius 2 is 1.94 bits per heavy atom. The first-order valence-corrected chi connectivity index (χ1v) is 10.6. The maximum atomic E-state index is 13.5. The highest BCUT2D eigenvalue weighted by molar-refractivity contribution is 6.02. The minimum Gasteiger partial charge on any atom is -0.378 e. The minimum absolute atomic E-state index is 0.0528. The second-order valence-electron chi connectivity index (χ2n) is 8.31. The van der Waals surface area contributed by atoms with Crippen LogP contribution in [-0.2, 0) is 17.3 Å². The lowest BCUT2D eigenvalue weighted by atomic mass is 10.0. The van der Waals surface area contributed by atoms with E-state index < -0.39 is 11.7 Å². The van der Waals surface area contributed by atoms with Gasteiger partial charge in [-0.3, -0.25) is 15.0 Å². The van der Waals surface area contributed by atoms with E-state index in [-0.39, 0.29) is 12.1 Å². The Labute approximate surface area is 182 Å². The summed E-state index contributed by atoms with van der Waals surface area (Å²) >= 11 is 0. The predicted molar refractivity (Wildman–Crippen MR) is 113 cm³/mol. The molecule has 0 radical (unpaired) electrons. The van der Waals surface area contributed by atoms with Crippen LogP contribution < -0.4 is 0 Å². The molecule has 32 heavy (non-hydrogen) atoms. The summed E-state index contributed by atoms with van der Waals surface area (Å²) in [7, 11) is 0. The van der Waals surface area contributed by atoms with Crippen molar-refractivity contribution in [3.63, 3.8) is 0 Å². The van der Waals surface area contributed by atoms with Crippen LogP contribution in [0.2, 0.25) is 0 Å². The Balaban J connectivity index is 1.74. The molecule has 1 fully saturated rings. The highest BCUT2D eigenvalue weighted by Gasteiger charge is 2.32. The molecule has 166 valence electrons. The molecule has 5 rings (SSSR count). The standard InChI is InChI=1S/C23H22F3N5O/c1-13-10-28-16(11-27-13)9-21-30-20-12-29-19-4-3-15(23(24,25)26)8-18(19)22(20)31(21)17-5-6-32-14(2)7-17/h3-4,8,10-12,14,17H,5-7,9H2,1-2H3/t14-,17?/m1/s1. The molecule has 1 aliphatic heterocycles. The van der Waals surface area contributed by atoms with Gasteiger partial charge in [0.05, 0.1) is 40.3 Å². The summed E-state index contributed by atoms with van der Waals surface area (Å²) in [5, 5.41) is 0.449. The summed E-state index contributed by atoms with van der Waals surface area (Å²) in [6, 6.07) is 3.73. The second-order valence-corrected chi connectivity index (χ2v) is 8.31. The van der Waals surface area contributed by atoms with Gasteiger partial charge in [0.25, 0.3) is 0 Å². The molecule has 3 aromatic heterocycles. The number of aryl methyl sites for hydroxylation is 1. The lowest BCUT2D eigenvalue weighted by Gasteiger charge is -2.30. The van der Waals surface area contributed by atoms with Crippen molar-refractivity contribution in [2.45, 2.75) is 51.4 Å². The molecule has 6 nitrogen and oxygen atoms in total. The fourth-order valence-electron chi connectivity index (χ4n) is 4.40. The highest BCUT2D eigenvalue weighted by atomic mass is 19.4. The van der Waals surface area contributed by atoms with Crippen molar-refractivity contribution < 1.29 is 17.9 Å². The predicted octanol–water partition coefficient (Wildman–Crippen LogP) is 5.03. The molecule has 9 heteroatoms. The van der Waals surface area contributed by atoms with Crippen molar-refractivity contribution >= 4 is 21.9 Å². The Morgan fingerprint density at radius 1 is 1.09 bits per heavy atom. The average molecular weight is 441 g/mol. The maximum absolute atomic E-state index is 13.5. The number of benzene rings is 1. The van der Waals surface area contributed by atoms with Gasteiger partial charge in [0.1, 0.15) is 11.3 Å². The quantitative estimate of drug-likeness (QED) is 0.446. The number of aromatic nitrogens is 5. The normalized spacial score (nSPS) is 19.7. The molecule has 0 spiro atoms. The first-order chi connectivity index (χ1) is 15.3. The van der Waals surface area contributed by atoms with Crippen LogP contribution in [0.15, 0.2) is 36.8 Å². The molecular weight excluding hydrogens is 419 g/mol. The third-order valence-corrected chi connectivity index (χ3v) is 5.91. The minimum atomic E-state index is -4.44. The Hall–Kier alpha value is -3.07. The summed E-state index contributed by atoms with van der Waals surface area (Å²) in [5.41, 5.74) is 2.63. The van der Waals surface area contributed by atoms with Gasteiger partial charge in [-0.15, -0.1) is 0 Å². The van der Waals surface area contributed by atoms with E-state index >= 15 is 0 Å². The van der Waals surface area contributed by atoms with E-state index in [0.717, 1.165) is 36.1 Å². The van der Waals surface area contributed by atoms with Crippen molar-refractivity contribution in [2.75, 3.05) is 6.61 Å². The van der Waals surface area contributed by atoms with Gasteiger partial charge >= 0.3 is 6.18 Å². The van der Waals surface area contributed by atoms with Gasteiger partial charge in [-0.25, -0.2) is 4.98 Å². The Kier molecular flexibility index (Phi) is 5.08. The zero-order valence-corrected chi connectivity index (χ0v) is 17.7. The monoisotopic (exact) mass is 441 g/mol. The maximum Gasteiger partial charge on any atom is 0.416 e. The third-order valence-electron chi connectivity index (χ3n) is 5.91. The van der Waals surface area contributed by atoms with Crippen LogP contribution in [0.5, 0.6) is 0 Å². The summed E-state index contributed by atoms with van der Waals surface area (Å²) in [6.07, 6.45) is 2.59. The van der Waals surface area contributed by atoms with Crippen molar-refractivity contribution in [3.05, 3.63) is 59.6 Å². The fraction of sp³-hybridized carbons (Fsp3) is 0.391. The molecule has 4 heterocycles. The summed E-state index contributed by atoms with van der Waals surface area (Å²) in [4.78, 5) is 17.9. The zero-order valence-electron chi connectivity index (χ0n) is 17.7. The SMILES string of the molecule is Cc1cnc(Cc2nc3cnc4ccc(C(F)(F)F)cc4c3n2C2CCO[C@H](C)C2)cn1. The molecule has 1 unspecified atom stereocenters. The second kappa shape index (κ2) is 7.81. The molecule has 1 saturated heterocycles. The molecule has 0 aliphatic carbocycles. The van der Waals surface area contributed by atoms with Crippen LogP contribution in [0.3, 0.4) is 0 Å². The topological polar surface area (TPSA) is 65.7 Å². The molecule has 1 aliphatic rings. The van der Waals surface area contributed by atoms with Crippen molar-refractivity contribution in [1.82, 2.24) is 24.5 Å². The Bertz CT molecular complexity index is 1280. The van der Waals surface area contributed by atoms with E-state index in [9.17, 15) is 13.2 Å². The number of hydrogen-bond donors (Lipinski definition) is 0. The smallest absolute Gasteiger partial charge is 0.378 e. The van der Waals surface area contributed by atoms with Crippen molar-refractivity contribution in [3.8, 4) is 0 Å². The lowest BCUT2D eigenvalue weighted by molar-refractivity contribution is -0.137. The molecule has 1 aromatic carbocycles. The molecule has 4 aromatic rings. The van der Waals surface area contributed by atoms with E-state index in [1.54, 1.807) is 18.6 Å². The van der Waals surface area contributed by atoms with Crippen LogP contribution in [0.1, 0.15) is 48.6 Å². The van der Waals surface area contributed by atoms with Gasteiger partial charge in [0.15, 0.2) is 0 Å². The number of rotatable bonds is 3.